The van der Waals surface area contributed by atoms with Crippen molar-refractivity contribution in [1.82, 2.24) is 0 Å². The lowest BCUT2D eigenvalue weighted by atomic mass is 10.0. The van der Waals surface area contributed by atoms with Crippen LogP contribution in [0.15, 0.2) is 48.5 Å². The number of hydrogen-bond acceptors (Lipinski definition) is 4. The van der Waals surface area contributed by atoms with Crippen molar-refractivity contribution in [2.24, 2.45) is 0 Å². The minimum atomic E-state index is -0.421. The van der Waals surface area contributed by atoms with Crippen molar-refractivity contribution in [2.75, 3.05) is 13.2 Å². The summed E-state index contributed by atoms with van der Waals surface area (Å²) in [5.74, 6) is 0.0979. The van der Waals surface area contributed by atoms with Gasteiger partial charge in [-0.25, -0.2) is 4.79 Å². The summed E-state index contributed by atoms with van der Waals surface area (Å²) in [5.41, 5.74) is 1.49. The van der Waals surface area contributed by atoms with E-state index in [1.165, 1.54) is 0 Å². The number of hydrogen-bond donors (Lipinski definition) is 0. The second-order valence-electron chi connectivity index (χ2n) is 4.84. The number of halogens is 1. The van der Waals surface area contributed by atoms with Crippen LogP contribution in [0.5, 0.6) is 5.75 Å². The molecule has 0 unspecified atom stereocenters. The number of carbonyl (C=O) groups is 2. The Kier molecular flexibility index (Phi) is 6.18. The molecule has 0 heterocycles. The number of carbonyl (C=O) groups excluding carboxylic acids is 2. The maximum atomic E-state index is 12.2. The molecule has 0 saturated carbocycles. The van der Waals surface area contributed by atoms with Gasteiger partial charge < -0.3 is 9.47 Å². The summed E-state index contributed by atoms with van der Waals surface area (Å²) >= 11 is 5.82. The maximum absolute atomic E-state index is 12.2. The van der Waals surface area contributed by atoms with Crippen molar-refractivity contribution in [3.05, 3.63) is 64.7 Å². The minimum absolute atomic E-state index is 0.00395. The standard InChI is InChI=1S/C18H17ClO4/c1-2-22-18(21)12-23-16-9-5-14(6-10-16)17(20)11-13-3-7-15(19)8-4-13/h3-10H,2,11-12H2,1H3. The summed E-state index contributed by atoms with van der Waals surface area (Å²) < 4.78 is 10.1. The third-order valence-electron chi connectivity index (χ3n) is 3.12. The smallest absolute Gasteiger partial charge is 0.344 e. The van der Waals surface area contributed by atoms with E-state index in [1.807, 2.05) is 12.1 Å². The highest BCUT2D eigenvalue weighted by Crippen LogP contribution is 2.15. The lowest BCUT2D eigenvalue weighted by Gasteiger charge is -2.07. The summed E-state index contributed by atoms with van der Waals surface area (Å²) in [7, 11) is 0. The van der Waals surface area contributed by atoms with Crippen molar-refractivity contribution in [3.8, 4) is 5.75 Å². The van der Waals surface area contributed by atoms with E-state index >= 15 is 0 Å². The predicted molar refractivity (Wildman–Crippen MR) is 88.1 cm³/mol. The average molecular weight is 333 g/mol. The molecule has 4 nitrogen and oxygen atoms in total. The van der Waals surface area contributed by atoms with Crippen LogP contribution in [-0.2, 0) is 16.0 Å². The molecule has 0 spiro atoms. The SMILES string of the molecule is CCOC(=O)COc1ccc(C(=O)Cc2ccc(Cl)cc2)cc1. The summed E-state index contributed by atoms with van der Waals surface area (Å²) in [6.45, 7) is 1.91. The summed E-state index contributed by atoms with van der Waals surface area (Å²) in [4.78, 5) is 23.4. The van der Waals surface area contributed by atoms with Gasteiger partial charge in [0.15, 0.2) is 12.4 Å². The Morgan fingerprint density at radius 1 is 1.00 bits per heavy atom. The molecule has 0 bridgehead atoms. The fraction of sp³-hybridized carbons (Fsp3) is 0.222. The van der Waals surface area contributed by atoms with Crippen LogP contribution in [0.1, 0.15) is 22.8 Å². The van der Waals surface area contributed by atoms with Crippen LogP contribution in [0.2, 0.25) is 5.02 Å². The molecule has 0 aromatic heterocycles. The molecular weight excluding hydrogens is 316 g/mol. The highest BCUT2D eigenvalue weighted by molar-refractivity contribution is 6.30. The molecule has 0 radical (unpaired) electrons. The zero-order valence-electron chi connectivity index (χ0n) is 12.8. The summed E-state index contributed by atoms with van der Waals surface area (Å²) in [6.07, 6.45) is 0.306. The molecule has 0 atom stereocenters. The van der Waals surface area contributed by atoms with Gasteiger partial charge in [0.05, 0.1) is 6.61 Å². The van der Waals surface area contributed by atoms with Gasteiger partial charge in [-0.05, 0) is 48.9 Å². The Morgan fingerprint density at radius 3 is 2.26 bits per heavy atom. The maximum Gasteiger partial charge on any atom is 0.344 e. The Labute approximate surface area is 140 Å². The fourth-order valence-corrected chi connectivity index (χ4v) is 2.10. The van der Waals surface area contributed by atoms with Crippen LogP contribution in [0.4, 0.5) is 0 Å². The first-order chi connectivity index (χ1) is 11.1. The van der Waals surface area contributed by atoms with Gasteiger partial charge >= 0.3 is 5.97 Å². The highest BCUT2D eigenvalue weighted by atomic mass is 35.5. The van der Waals surface area contributed by atoms with Gasteiger partial charge in [0.2, 0.25) is 0 Å². The van der Waals surface area contributed by atoms with Gasteiger partial charge in [0.25, 0.3) is 0 Å². The molecule has 0 saturated heterocycles. The van der Waals surface area contributed by atoms with Gasteiger partial charge in [-0.3, -0.25) is 4.79 Å². The Morgan fingerprint density at radius 2 is 1.65 bits per heavy atom. The molecule has 5 heteroatoms. The highest BCUT2D eigenvalue weighted by Gasteiger charge is 2.08. The van der Waals surface area contributed by atoms with Crippen molar-refractivity contribution in [3.63, 3.8) is 0 Å². The molecule has 0 amide bonds. The number of benzene rings is 2. The molecule has 120 valence electrons. The first-order valence-electron chi connectivity index (χ1n) is 7.24. The zero-order chi connectivity index (χ0) is 16.7. The molecular formula is C18H17ClO4. The molecule has 2 aromatic rings. The minimum Gasteiger partial charge on any atom is -0.482 e. The number of Topliss-reactive ketones (excluding diaryl/α,β-unsaturated/α-hetero) is 1. The molecule has 2 aromatic carbocycles. The Bertz CT molecular complexity index is 662. The predicted octanol–water partition coefficient (Wildman–Crippen LogP) is 3.71. The van der Waals surface area contributed by atoms with Crippen molar-refractivity contribution >= 4 is 23.4 Å². The summed E-state index contributed by atoms with van der Waals surface area (Å²) in [5, 5.41) is 0.643. The number of rotatable bonds is 7. The molecule has 23 heavy (non-hydrogen) atoms. The molecule has 0 N–H and O–H groups in total. The normalized spacial score (nSPS) is 10.2. The van der Waals surface area contributed by atoms with Crippen LogP contribution >= 0.6 is 11.6 Å². The second-order valence-corrected chi connectivity index (χ2v) is 5.28. The number of ketones is 1. The topological polar surface area (TPSA) is 52.6 Å². The van der Waals surface area contributed by atoms with Crippen LogP contribution in [0, 0.1) is 0 Å². The van der Waals surface area contributed by atoms with Crippen LogP contribution in [-0.4, -0.2) is 25.0 Å². The van der Waals surface area contributed by atoms with Gasteiger partial charge in [0, 0.05) is 17.0 Å². The van der Waals surface area contributed by atoms with E-state index in [9.17, 15) is 9.59 Å². The monoisotopic (exact) mass is 332 g/mol. The number of ether oxygens (including phenoxy) is 2. The van der Waals surface area contributed by atoms with Crippen LogP contribution in [0.3, 0.4) is 0 Å². The van der Waals surface area contributed by atoms with E-state index in [0.29, 0.717) is 29.4 Å². The molecule has 2 rings (SSSR count). The van der Waals surface area contributed by atoms with E-state index in [4.69, 9.17) is 21.1 Å². The van der Waals surface area contributed by atoms with E-state index in [2.05, 4.69) is 0 Å². The van der Waals surface area contributed by atoms with Gasteiger partial charge in [0.1, 0.15) is 5.75 Å². The second kappa shape index (κ2) is 8.34. The van der Waals surface area contributed by atoms with Gasteiger partial charge in [-0.1, -0.05) is 23.7 Å². The van der Waals surface area contributed by atoms with Crippen molar-refractivity contribution in [1.29, 1.82) is 0 Å². The van der Waals surface area contributed by atoms with Crippen molar-refractivity contribution in [2.45, 2.75) is 13.3 Å². The molecule has 0 aliphatic carbocycles. The van der Waals surface area contributed by atoms with Gasteiger partial charge in [-0.15, -0.1) is 0 Å². The zero-order valence-corrected chi connectivity index (χ0v) is 13.5. The van der Waals surface area contributed by atoms with E-state index in [0.717, 1.165) is 5.56 Å². The lowest BCUT2D eigenvalue weighted by molar-refractivity contribution is -0.145. The van der Waals surface area contributed by atoms with E-state index in [1.54, 1.807) is 43.3 Å². The quantitative estimate of drug-likeness (QED) is 0.573. The third-order valence-corrected chi connectivity index (χ3v) is 3.37. The summed E-state index contributed by atoms with van der Waals surface area (Å²) in [6, 6.07) is 13.9. The van der Waals surface area contributed by atoms with Crippen molar-refractivity contribution < 1.29 is 19.1 Å². The van der Waals surface area contributed by atoms with E-state index in [-0.39, 0.29) is 12.4 Å². The van der Waals surface area contributed by atoms with Crippen LogP contribution in [0.25, 0.3) is 0 Å². The Balaban J connectivity index is 1.92. The Hall–Kier alpha value is -2.33. The molecule has 0 aliphatic rings. The molecule has 0 fully saturated rings. The van der Waals surface area contributed by atoms with Gasteiger partial charge in [-0.2, -0.15) is 0 Å². The van der Waals surface area contributed by atoms with E-state index < -0.39 is 5.97 Å². The first-order valence-corrected chi connectivity index (χ1v) is 7.62. The lowest BCUT2D eigenvalue weighted by Crippen LogP contribution is -2.14. The average Bonchev–Trinajstić information content (AvgIpc) is 2.56. The molecule has 0 aliphatic heterocycles. The largest absolute Gasteiger partial charge is 0.482 e. The first kappa shape index (κ1) is 17.0. The fourth-order valence-electron chi connectivity index (χ4n) is 1.97. The van der Waals surface area contributed by atoms with Crippen LogP contribution < -0.4 is 4.74 Å². The third kappa shape index (κ3) is 5.42. The number of esters is 1.